The Morgan fingerprint density at radius 1 is 0.909 bits per heavy atom. The van der Waals surface area contributed by atoms with Crippen molar-refractivity contribution in [1.82, 2.24) is 10.2 Å². The summed E-state index contributed by atoms with van der Waals surface area (Å²) < 4.78 is 0. The van der Waals surface area contributed by atoms with Crippen LogP contribution in [0.5, 0.6) is 0 Å². The lowest BCUT2D eigenvalue weighted by Gasteiger charge is -2.31. The van der Waals surface area contributed by atoms with E-state index < -0.39 is 6.04 Å². The summed E-state index contributed by atoms with van der Waals surface area (Å²) in [6.07, 6.45) is 6.67. The molecule has 0 radical (unpaired) electrons. The van der Waals surface area contributed by atoms with Gasteiger partial charge < -0.3 is 10.2 Å². The SMILES string of the molecule is C[C@@H](C(=O)NC1CCCCC1)N(Cc1ccccc1)C(=O)CCc1cccc2ccccc12. The van der Waals surface area contributed by atoms with Gasteiger partial charge >= 0.3 is 0 Å². The Kier molecular flexibility index (Phi) is 7.77. The molecule has 1 saturated carbocycles. The third-order valence-corrected chi connectivity index (χ3v) is 6.80. The minimum Gasteiger partial charge on any atom is -0.352 e. The molecule has 0 heterocycles. The molecule has 4 rings (SSSR count). The van der Waals surface area contributed by atoms with Gasteiger partial charge in [0.2, 0.25) is 11.8 Å². The fourth-order valence-corrected chi connectivity index (χ4v) is 4.83. The zero-order chi connectivity index (χ0) is 23.0. The smallest absolute Gasteiger partial charge is 0.242 e. The van der Waals surface area contributed by atoms with Crippen LogP contribution in [0.1, 0.15) is 56.6 Å². The minimum atomic E-state index is -0.507. The third kappa shape index (κ3) is 6.01. The van der Waals surface area contributed by atoms with Crippen molar-refractivity contribution in [2.24, 2.45) is 0 Å². The number of hydrogen-bond donors (Lipinski definition) is 1. The van der Waals surface area contributed by atoms with Gasteiger partial charge in [-0.3, -0.25) is 9.59 Å². The number of rotatable bonds is 8. The summed E-state index contributed by atoms with van der Waals surface area (Å²) >= 11 is 0. The minimum absolute atomic E-state index is 0.0121. The molecule has 3 aromatic carbocycles. The van der Waals surface area contributed by atoms with Crippen LogP contribution < -0.4 is 5.32 Å². The van der Waals surface area contributed by atoms with Gasteiger partial charge in [-0.1, -0.05) is 92.1 Å². The molecule has 33 heavy (non-hydrogen) atoms. The Balaban J connectivity index is 1.48. The summed E-state index contributed by atoms with van der Waals surface area (Å²) in [5, 5.41) is 5.57. The highest BCUT2D eigenvalue weighted by Crippen LogP contribution is 2.21. The second-order valence-electron chi connectivity index (χ2n) is 9.17. The average Bonchev–Trinajstić information content (AvgIpc) is 2.86. The lowest BCUT2D eigenvalue weighted by atomic mass is 9.95. The van der Waals surface area contributed by atoms with Crippen molar-refractivity contribution < 1.29 is 9.59 Å². The molecule has 0 bridgehead atoms. The normalized spacial score (nSPS) is 15.2. The highest BCUT2D eigenvalue weighted by Gasteiger charge is 2.28. The first kappa shape index (κ1) is 23.0. The molecule has 3 aromatic rings. The van der Waals surface area contributed by atoms with E-state index in [1.54, 1.807) is 4.90 Å². The molecule has 0 unspecified atom stereocenters. The molecule has 4 nitrogen and oxygen atoms in total. The highest BCUT2D eigenvalue weighted by molar-refractivity contribution is 5.89. The molecule has 1 fully saturated rings. The summed E-state index contributed by atoms with van der Waals surface area (Å²) in [6.45, 7) is 2.30. The summed E-state index contributed by atoms with van der Waals surface area (Å²) in [5.41, 5.74) is 2.20. The molecule has 1 N–H and O–H groups in total. The van der Waals surface area contributed by atoms with Gasteiger partial charge in [-0.15, -0.1) is 0 Å². The van der Waals surface area contributed by atoms with Crippen LogP contribution in [0.25, 0.3) is 10.8 Å². The van der Waals surface area contributed by atoms with Gasteiger partial charge in [-0.05, 0) is 48.1 Å². The molecule has 0 aliphatic heterocycles. The predicted molar refractivity (Wildman–Crippen MR) is 134 cm³/mol. The Bertz CT molecular complexity index is 1070. The van der Waals surface area contributed by atoms with Crippen LogP contribution in [0.3, 0.4) is 0 Å². The van der Waals surface area contributed by atoms with Crippen molar-refractivity contribution in [3.05, 3.63) is 83.9 Å². The Morgan fingerprint density at radius 3 is 2.39 bits per heavy atom. The molecule has 172 valence electrons. The van der Waals surface area contributed by atoms with E-state index in [4.69, 9.17) is 0 Å². The zero-order valence-electron chi connectivity index (χ0n) is 19.5. The quantitative estimate of drug-likeness (QED) is 0.491. The number of benzene rings is 3. The first-order valence-electron chi connectivity index (χ1n) is 12.2. The lowest BCUT2D eigenvalue weighted by Crippen LogP contribution is -2.50. The number of nitrogens with zero attached hydrogens (tertiary/aromatic N) is 1. The van der Waals surface area contributed by atoms with E-state index in [0.717, 1.165) is 31.2 Å². The molecule has 0 aromatic heterocycles. The Labute approximate surface area is 197 Å². The first-order chi connectivity index (χ1) is 16.1. The van der Waals surface area contributed by atoms with Gasteiger partial charge in [0.15, 0.2) is 0 Å². The second kappa shape index (κ2) is 11.1. The highest BCUT2D eigenvalue weighted by atomic mass is 16.2. The zero-order valence-corrected chi connectivity index (χ0v) is 19.5. The van der Waals surface area contributed by atoms with E-state index in [9.17, 15) is 9.59 Å². The molecule has 0 saturated heterocycles. The largest absolute Gasteiger partial charge is 0.352 e. The molecular weight excluding hydrogens is 408 g/mol. The van der Waals surface area contributed by atoms with Crippen molar-refractivity contribution >= 4 is 22.6 Å². The van der Waals surface area contributed by atoms with E-state index in [1.807, 2.05) is 55.5 Å². The van der Waals surface area contributed by atoms with Gasteiger partial charge in [0.05, 0.1) is 0 Å². The van der Waals surface area contributed by atoms with Crippen LogP contribution in [0.2, 0.25) is 0 Å². The summed E-state index contributed by atoms with van der Waals surface area (Å²) in [7, 11) is 0. The maximum Gasteiger partial charge on any atom is 0.242 e. The third-order valence-electron chi connectivity index (χ3n) is 6.80. The van der Waals surface area contributed by atoms with E-state index in [1.165, 1.54) is 22.8 Å². The monoisotopic (exact) mass is 442 g/mol. The molecule has 0 spiro atoms. The van der Waals surface area contributed by atoms with Crippen molar-refractivity contribution in [3.63, 3.8) is 0 Å². The fourth-order valence-electron chi connectivity index (χ4n) is 4.83. The van der Waals surface area contributed by atoms with Gasteiger partial charge in [-0.2, -0.15) is 0 Å². The van der Waals surface area contributed by atoms with Crippen LogP contribution in [0.15, 0.2) is 72.8 Å². The van der Waals surface area contributed by atoms with Gasteiger partial charge in [0, 0.05) is 19.0 Å². The first-order valence-corrected chi connectivity index (χ1v) is 12.2. The summed E-state index contributed by atoms with van der Waals surface area (Å²) in [4.78, 5) is 28.3. The number of aryl methyl sites for hydroxylation is 1. The number of nitrogens with one attached hydrogen (secondary N) is 1. The molecule has 2 amide bonds. The molecule has 1 aliphatic rings. The molecule has 1 atom stereocenters. The second-order valence-corrected chi connectivity index (χ2v) is 9.17. The Hall–Kier alpha value is -3.14. The molecular formula is C29H34N2O2. The lowest BCUT2D eigenvalue weighted by molar-refractivity contribution is -0.141. The van der Waals surface area contributed by atoms with Gasteiger partial charge in [0.1, 0.15) is 6.04 Å². The number of carbonyl (C=O) groups is 2. The van der Waals surface area contributed by atoms with Crippen LogP contribution in [0.4, 0.5) is 0 Å². The van der Waals surface area contributed by atoms with Crippen LogP contribution in [-0.4, -0.2) is 28.8 Å². The van der Waals surface area contributed by atoms with E-state index in [0.29, 0.717) is 19.4 Å². The fraction of sp³-hybridized carbons (Fsp3) is 0.379. The van der Waals surface area contributed by atoms with E-state index >= 15 is 0 Å². The molecule has 4 heteroatoms. The standard InChI is InChI=1S/C29H34N2O2/c1-22(29(33)30-26-16-6-3-7-17-26)31(21-23-11-4-2-5-12-23)28(32)20-19-25-15-10-14-24-13-8-9-18-27(24)25/h2,4-5,8-15,18,22,26H,3,6-7,16-17,19-21H2,1H3,(H,30,33)/t22-/m0/s1. The summed E-state index contributed by atoms with van der Waals surface area (Å²) in [6, 6.07) is 24.2. The van der Waals surface area contributed by atoms with Crippen molar-refractivity contribution in [2.75, 3.05) is 0 Å². The number of hydrogen-bond acceptors (Lipinski definition) is 2. The van der Waals surface area contributed by atoms with E-state index in [2.05, 4.69) is 29.6 Å². The maximum absolute atomic E-state index is 13.4. The van der Waals surface area contributed by atoms with Crippen molar-refractivity contribution in [1.29, 1.82) is 0 Å². The van der Waals surface area contributed by atoms with Crippen LogP contribution in [-0.2, 0) is 22.6 Å². The topological polar surface area (TPSA) is 49.4 Å². The van der Waals surface area contributed by atoms with Gasteiger partial charge in [-0.25, -0.2) is 0 Å². The maximum atomic E-state index is 13.4. The summed E-state index contributed by atoms with van der Waals surface area (Å²) in [5.74, 6) is -0.0329. The molecule has 1 aliphatic carbocycles. The number of carbonyl (C=O) groups excluding carboxylic acids is 2. The number of fused-ring (bicyclic) bond motifs is 1. The van der Waals surface area contributed by atoms with E-state index in [-0.39, 0.29) is 17.9 Å². The van der Waals surface area contributed by atoms with Gasteiger partial charge in [0.25, 0.3) is 0 Å². The number of amides is 2. The predicted octanol–water partition coefficient (Wildman–Crippen LogP) is 5.64. The average molecular weight is 443 g/mol. The Morgan fingerprint density at radius 2 is 1.61 bits per heavy atom. The van der Waals surface area contributed by atoms with Crippen molar-refractivity contribution in [3.8, 4) is 0 Å². The van der Waals surface area contributed by atoms with Crippen LogP contribution in [0, 0.1) is 0 Å². The van der Waals surface area contributed by atoms with Crippen LogP contribution >= 0.6 is 0 Å². The van der Waals surface area contributed by atoms with Crippen molar-refractivity contribution in [2.45, 2.75) is 70.5 Å².